The topological polar surface area (TPSA) is 39.2 Å². The van der Waals surface area contributed by atoms with Gasteiger partial charge in [-0.3, -0.25) is 0 Å². The monoisotopic (exact) mass is 397 g/mol. The summed E-state index contributed by atoms with van der Waals surface area (Å²) in [4.78, 5) is 0. The van der Waals surface area contributed by atoms with E-state index in [-0.39, 0.29) is 6.04 Å². The molecule has 1 atom stereocenters. The Morgan fingerprint density at radius 2 is 1.85 bits per heavy atom. The molecular formula is C16H13ClINO. The minimum atomic E-state index is -0.266. The average molecular weight is 398 g/mol. The molecule has 4 heteroatoms. The molecule has 3 aromatic rings. The second kappa shape index (κ2) is 5.39. The van der Waals surface area contributed by atoms with Crippen LogP contribution in [0.25, 0.3) is 11.0 Å². The van der Waals surface area contributed by atoms with Gasteiger partial charge in [-0.2, -0.15) is 0 Å². The van der Waals surface area contributed by atoms with Gasteiger partial charge in [0.2, 0.25) is 0 Å². The van der Waals surface area contributed by atoms with E-state index in [4.69, 9.17) is 21.8 Å². The van der Waals surface area contributed by atoms with E-state index < -0.39 is 0 Å². The Balaban J connectivity index is 2.09. The van der Waals surface area contributed by atoms with Gasteiger partial charge < -0.3 is 10.2 Å². The van der Waals surface area contributed by atoms with Crippen LogP contribution in [0.15, 0.2) is 46.9 Å². The van der Waals surface area contributed by atoms with Gasteiger partial charge >= 0.3 is 0 Å². The SMILES string of the molecule is Cc1c(C(N)c2ccc(I)cc2)oc2ccc(Cl)cc12. The van der Waals surface area contributed by atoms with E-state index in [1.807, 2.05) is 49.4 Å². The van der Waals surface area contributed by atoms with Crippen molar-refractivity contribution in [1.82, 2.24) is 0 Å². The van der Waals surface area contributed by atoms with Crippen molar-refractivity contribution in [3.8, 4) is 0 Å². The summed E-state index contributed by atoms with van der Waals surface area (Å²) >= 11 is 8.32. The fourth-order valence-electron chi connectivity index (χ4n) is 2.33. The predicted octanol–water partition coefficient (Wildman–Crippen LogP) is 5.05. The Labute approximate surface area is 136 Å². The van der Waals surface area contributed by atoms with Crippen molar-refractivity contribution in [2.45, 2.75) is 13.0 Å². The van der Waals surface area contributed by atoms with Gasteiger partial charge in [0.05, 0.1) is 6.04 Å². The first-order chi connectivity index (χ1) is 9.56. The Morgan fingerprint density at radius 3 is 2.55 bits per heavy atom. The normalized spacial score (nSPS) is 12.8. The minimum Gasteiger partial charge on any atom is -0.459 e. The largest absolute Gasteiger partial charge is 0.459 e. The Hall–Kier alpha value is -1.04. The van der Waals surface area contributed by atoms with Crippen LogP contribution < -0.4 is 5.73 Å². The minimum absolute atomic E-state index is 0.266. The third-order valence-corrected chi connectivity index (χ3v) is 4.40. The highest BCUT2D eigenvalue weighted by Crippen LogP contribution is 2.33. The second-order valence-corrected chi connectivity index (χ2v) is 6.44. The maximum Gasteiger partial charge on any atom is 0.134 e. The van der Waals surface area contributed by atoms with Gasteiger partial charge in [-0.05, 0) is 65.4 Å². The van der Waals surface area contributed by atoms with E-state index >= 15 is 0 Å². The zero-order valence-corrected chi connectivity index (χ0v) is 13.8. The van der Waals surface area contributed by atoms with Gasteiger partial charge in [0.1, 0.15) is 11.3 Å². The summed E-state index contributed by atoms with van der Waals surface area (Å²) in [6.07, 6.45) is 0. The number of aryl methyl sites for hydroxylation is 1. The molecule has 0 spiro atoms. The summed E-state index contributed by atoms with van der Waals surface area (Å²) in [5.41, 5.74) is 9.25. The van der Waals surface area contributed by atoms with Crippen molar-refractivity contribution in [2.75, 3.05) is 0 Å². The van der Waals surface area contributed by atoms with Crippen molar-refractivity contribution in [3.05, 3.63) is 67.9 Å². The molecule has 0 saturated carbocycles. The maximum absolute atomic E-state index is 6.34. The predicted molar refractivity (Wildman–Crippen MR) is 91.2 cm³/mol. The molecule has 3 rings (SSSR count). The van der Waals surface area contributed by atoms with E-state index in [1.165, 1.54) is 3.57 Å². The summed E-state index contributed by atoms with van der Waals surface area (Å²) in [6, 6.07) is 13.5. The first kappa shape index (κ1) is 13.9. The molecule has 0 bridgehead atoms. The average Bonchev–Trinajstić information content (AvgIpc) is 2.76. The van der Waals surface area contributed by atoms with Crippen LogP contribution in [0.2, 0.25) is 5.02 Å². The highest BCUT2D eigenvalue weighted by Gasteiger charge is 2.18. The van der Waals surface area contributed by atoms with Crippen LogP contribution in [0, 0.1) is 10.5 Å². The van der Waals surface area contributed by atoms with E-state index in [9.17, 15) is 0 Å². The zero-order chi connectivity index (χ0) is 14.3. The molecule has 1 heterocycles. The second-order valence-electron chi connectivity index (χ2n) is 4.76. The number of hydrogen-bond acceptors (Lipinski definition) is 2. The number of nitrogens with two attached hydrogens (primary N) is 1. The number of rotatable bonds is 2. The number of hydrogen-bond donors (Lipinski definition) is 1. The van der Waals surface area contributed by atoms with E-state index in [2.05, 4.69) is 22.6 Å². The molecule has 1 unspecified atom stereocenters. The first-order valence-electron chi connectivity index (χ1n) is 6.26. The third kappa shape index (κ3) is 2.45. The fourth-order valence-corrected chi connectivity index (χ4v) is 2.86. The summed E-state index contributed by atoms with van der Waals surface area (Å²) in [6.45, 7) is 2.02. The highest BCUT2D eigenvalue weighted by molar-refractivity contribution is 14.1. The quantitative estimate of drug-likeness (QED) is 0.615. The number of halogens is 2. The first-order valence-corrected chi connectivity index (χ1v) is 7.71. The summed E-state index contributed by atoms with van der Waals surface area (Å²) in [5, 5.41) is 1.73. The van der Waals surface area contributed by atoms with Crippen LogP contribution in [-0.2, 0) is 0 Å². The maximum atomic E-state index is 6.34. The molecule has 2 aromatic carbocycles. The van der Waals surface area contributed by atoms with Gasteiger partial charge in [-0.25, -0.2) is 0 Å². The van der Waals surface area contributed by atoms with Crippen LogP contribution in [0.4, 0.5) is 0 Å². The molecule has 1 aromatic heterocycles. The summed E-state index contributed by atoms with van der Waals surface area (Å²) in [5.74, 6) is 0.795. The summed E-state index contributed by atoms with van der Waals surface area (Å²) < 4.78 is 7.10. The van der Waals surface area contributed by atoms with Crippen molar-refractivity contribution in [3.63, 3.8) is 0 Å². The molecule has 102 valence electrons. The molecule has 0 fully saturated rings. The molecular weight excluding hydrogens is 385 g/mol. The van der Waals surface area contributed by atoms with Gasteiger partial charge in [0.15, 0.2) is 0 Å². The lowest BCUT2D eigenvalue weighted by Gasteiger charge is -2.10. The van der Waals surface area contributed by atoms with Crippen molar-refractivity contribution >= 4 is 45.2 Å². The Kier molecular flexibility index (Phi) is 3.75. The zero-order valence-electron chi connectivity index (χ0n) is 10.9. The molecule has 0 radical (unpaired) electrons. The Morgan fingerprint density at radius 1 is 1.15 bits per heavy atom. The molecule has 20 heavy (non-hydrogen) atoms. The van der Waals surface area contributed by atoms with Gasteiger partial charge in [-0.1, -0.05) is 23.7 Å². The van der Waals surface area contributed by atoms with Crippen LogP contribution in [0.1, 0.15) is 22.9 Å². The standard InChI is InChI=1S/C16H13ClINO/c1-9-13-8-11(17)4-7-14(13)20-16(9)15(19)10-2-5-12(18)6-3-10/h2-8,15H,19H2,1H3. The molecule has 0 aliphatic carbocycles. The van der Waals surface area contributed by atoms with Crippen molar-refractivity contribution < 1.29 is 4.42 Å². The number of benzene rings is 2. The van der Waals surface area contributed by atoms with Gasteiger partial charge in [0, 0.05) is 19.5 Å². The molecule has 0 aliphatic rings. The fraction of sp³-hybridized carbons (Fsp3) is 0.125. The lowest BCUT2D eigenvalue weighted by molar-refractivity contribution is 0.521. The molecule has 0 aliphatic heterocycles. The third-order valence-electron chi connectivity index (χ3n) is 3.45. The Bertz CT molecular complexity index is 764. The van der Waals surface area contributed by atoms with E-state index in [1.54, 1.807) is 0 Å². The van der Waals surface area contributed by atoms with Crippen LogP contribution in [0.5, 0.6) is 0 Å². The molecule has 0 saturated heterocycles. The lowest BCUT2D eigenvalue weighted by atomic mass is 10.0. The molecule has 2 nitrogen and oxygen atoms in total. The summed E-state index contributed by atoms with van der Waals surface area (Å²) in [7, 11) is 0. The smallest absolute Gasteiger partial charge is 0.134 e. The van der Waals surface area contributed by atoms with Crippen molar-refractivity contribution in [1.29, 1.82) is 0 Å². The lowest BCUT2D eigenvalue weighted by Crippen LogP contribution is -2.11. The number of fused-ring (bicyclic) bond motifs is 1. The van der Waals surface area contributed by atoms with E-state index in [0.717, 1.165) is 27.9 Å². The highest BCUT2D eigenvalue weighted by atomic mass is 127. The van der Waals surface area contributed by atoms with Gasteiger partial charge in [0.25, 0.3) is 0 Å². The number of furan rings is 1. The van der Waals surface area contributed by atoms with Crippen LogP contribution in [-0.4, -0.2) is 0 Å². The van der Waals surface area contributed by atoms with E-state index in [0.29, 0.717) is 5.02 Å². The molecule has 2 N–H and O–H groups in total. The van der Waals surface area contributed by atoms with Gasteiger partial charge in [-0.15, -0.1) is 0 Å². The van der Waals surface area contributed by atoms with Crippen LogP contribution in [0.3, 0.4) is 0 Å². The molecule has 0 amide bonds. The van der Waals surface area contributed by atoms with Crippen LogP contribution >= 0.6 is 34.2 Å². The van der Waals surface area contributed by atoms with Crippen molar-refractivity contribution in [2.24, 2.45) is 5.73 Å².